The maximum absolute atomic E-state index is 13.5. The highest BCUT2D eigenvalue weighted by molar-refractivity contribution is 6.04. The van der Waals surface area contributed by atoms with E-state index in [1.54, 1.807) is 47.4 Å². The number of allylic oxidation sites excluding steroid dienone is 4. The van der Waals surface area contributed by atoms with Crippen molar-refractivity contribution >= 4 is 17.3 Å². The van der Waals surface area contributed by atoms with E-state index in [1.807, 2.05) is 6.92 Å². The molecule has 2 aromatic rings. The molecule has 32 heavy (non-hydrogen) atoms. The van der Waals surface area contributed by atoms with Crippen LogP contribution in [0.4, 0.5) is 14.5 Å². The SMILES string of the molecule is CC1CC(F)=CC=C1/C(CC[C@H]1C(=O)N(c2ccc(F)cc2)[C@@H]1c1ccc(O)cc1)=N\O. The Morgan fingerprint density at radius 1 is 1.09 bits per heavy atom. The predicted molar refractivity (Wildman–Crippen MR) is 118 cm³/mol. The Labute approximate surface area is 185 Å². The second kappa shape index (κ2) is 8.94. The molecule has 1 unspecified atom stereocenters. The van der Waals surface area contributed by atoms with E-state index in [0.29, 0.717) is 24.2 Å². The van der Waals surface area contributed by atoms with Gasteiger partial charge in [-0.2, -0.15) is 0 Å². The molecule has 1 heterocycles. The van der Waals surface area contributed by atoms with Gasteiger partial charge < -0.3 is 15.2 Å². The van der Waals surface area contributed by atoms with Gasteiger partial charge in [0, 0.05) is 12.1 Å². The quantitative estimate of drug-likeness (QED) is 0.264. The second-order valence-electron chi connectivity index (χ2n) is 8.25. The highest BCUT2D eigenvalue weighted by Gasteiger charge is 2.48. The summed E-state index contributed by atoms with van der Waals surface area (Å²) < 4.78 is 26.9. The Bertz CT molecular complexity index is 1090. The molecule has 0 bridgehead atoms. The first-order valence-corrected chi connectivity index (χ1v) is 10.5. The lowest BCUT2D eigenvalue weighted by molar-refractivity contribution is -0.130. The molecule has 2 aromatic carbocycles. The summed E-state index contributed by atoms with van der Waals surface area (Å²) in [6.45, 7) is 1.87. The number of hydrogen-bond acceptors (Lipinski definition) is 4. The summed E-state index contributed by atoms with van der Waals surface area (Å²) >= 11 is 0. The molecule has 5 nitrogen and oxygen atoms in total. The van der Waals surface area contributed by atoms with Gasteiger partial charge >= 0.3 is 0 Å². The Kier molecular flexibility index (Phi) is 6.08. The Morgan fingerprint density at radius 3 is 2.41 bits per heavy atom. The van der Waals surface area contributed by atoms with Gasteiger partial charge in [0.1, 0.15) is 17.4 Å². The number of amides is 1. The number of phenolic OH excluding ortho intramolecular Hbond substituents is 1. The lowest BCUT2D eigenvalue weighted by Crippen LogP contribution is -2.55. The van der Waals surface area contributed by atoms with Crippen LogP contribution in [0.5, 0.6) is 5.75 Å². The van der Waals surface area contributed by atoms with Crippen LogP contribution in [0.1, 0.15) is 37.8 Å². The molecule has 0 radical (unpaired) electrons. The van der Waals surface area contributed by atoms with Gasteiger partial charge in [0.2, 0.25) is 5.91 Å². The molecule has 3 atom stereocenters. The number of hydrogen-bond donors (Lipinski definition) is 2. The van der Waals surface area contributed by atoms with Gasteiger partial charge in [-0.3, -0.25) is 4.79 Å². The fourth-order valence-corrected chi connectivity index (χ4v) is 4.51. The first-order chi connectivity index (χ1) is 15.4. The van der Waals surface area contributed by atoms with Crippen molar-refractivity contribution in [2.45, 2.75) is 32.2 Å². The first-order valence-electron chi connectivity index (χ1n) is 10.5. The smallest absolute Gasteiger partial charge is 0.233 e. The van der Waals surface area contributed by atoms with E-state index in [9.17, 15) is 23.9 Å². The van der Waals surface area contributed by atoms with Crippen LogP contribution in [-0.2, 0) is 4.79 Å². The number of rotatable bonds is 6. The van der Waals surface area contributed by atoms with Gasteiger partial charge in [0.15, 0.2) is 0 Å². The van der Waals surface area contributed by atoms with Crippen molar-refractivity contribution in [3.8, 4) is 5.75 Å². The highest BCUT2D eigenvalue weighted by atomic mass is 19.1. The third kappa shape index (κ3) is 4.15. The molecule has 1 saturated heterocycles. The Morgan fingerprint density at radius 2 is 1.78 bits per heavy atom. The molecule has 0 spiro atoms. The summed E-state index contributed by atoms with van der Waals surface area (Å²) in [6.07, 6.45) is 4.04. The Hall–Kier alpha value is -3.48. The van der Waals surface area contributed by atoms with Crippen molar-refractivity contribution in [2.24, 2.45) is 17.0 Å². The zero-order valence-corrected chi connectivity index (χ0v) is 17.6. The van der Waals surface area contributed by atoms with Crippen LogP contribution in [-0.4, -0.2) is 21.9 Å². The van der Waals surface area contributed by atoms with Crippen LogP contribution in [0.25, 0.3) is 0 Å². The van der Waals surface area contributed by atoms with Gasteiger partial charge in [0.05, 0.1) is 17.7 Å². The monoisotopic (exact) mass is 438 g/mol. The minimum Gasteiger partial charge on any atom is -0.508 e. The predicted octanol–water partition coefficient (Wildman–Crippen LogP) is 5.67. The normalized spacial score (nSPS) is 23.5. The standard InChI is InChI=1S/C25H24F2N2O3/c1-15-14-18(27)6-11-21(15)23(28-32)13-12-22-24(16-2-9-20(30)10-3-16)29(25(22)31)19-7-4-17(26)5-8-19/h2-11,15,22,24,30,32H,12-14H2,1H3/b28-23-/t15?,22-,24-/m1/s1. The van der Waals surface area contributed by atoms with Crippen LogP contribution in [0, 0.1) is 17.7 Å². The summed E-state index contributed by atoms with van der Waals surface area (Å²) in [6, 6.07) is 12.1. The topological polar surface area (TPSA) is 73.1 Å². The Balaban J connectivity index is 1.57. The molecule has 1 amide bonds. The number of aromatic hydroxyl groups is 1. The molecule has 1 aliphatic heterocycles. The lowest BCUT2D eigenvalue weighted by Gasteiger charge is -2.47. The van der Waals surface area contributed by atoms with Crippen molar-refractivity contribution in [2.75, 3.05) is 4.90 Å². The van der Waals surface area contributed by atoms with E-state index in [0.717, 1.165) is 11.1 Å². The average Bonchev–Trinajstić information content (AvgIpc) is 2.77. The summed E-state index contributed by atoms with van der Waals surface area (Å²) in [4.78, 5) is 14.7. The molecule has 166 valence electrons. The lowest BCUT2D eigenvalue weighted by atomic mass is 9.77. The molecule has 0 aromatic heterocycles. The van der Waals surface area contributed by atoms with Crippen molar-refractivity contribution in [3.05, 3.63) is 83.5 Å². The van der Waals surface area contributed by atoms with E-state index < -0.39 is 0 Å². The number of β-lactam (4-membered cyclic amide) rings is 1. The van der Waals surface area contributed by atoms with Crippen LogP contribution in [0.15, 0.2) is 77.2 Å². The van der Waals surface area contributed by atoms with E-state index in [2.05, 4.69) is 5.16 Å². The minimum atomic E-state index is -0.386. The molecular weight excluding hydrogens is 414 g/mol. The van der Waals surface area contributed by atoms with Crippen molar-refractivity contribution in [3.63, 3.8) is 0 Å². The van der Waals surface area contributed by atoms with E-state index in [4.69, 9.17) is 0 Å². The first kappa shape index (κ1) is 21.7. The number of carbonyl (C=O) groups excluding carboxylic acids is 1. The van der Waals surface area contributed by atoms with Crippen LogP contribution >= 0.6 is 0 Å². The fraction of sp³-hybridized carbons (Fsp3) is 0.280. The van der Waals surface area contributed by atoms with Crippen LogP contribution < -0.4 is 4.90 Å². The largest absolute Gasteiger partial charge is 0.508 e. The highest BCUT2D eigenvalue weighted by Crippen LogP contribution is 2.46. The maximum Gasteiger partial charge on any atom is 0.233 e. The number of phenols is 1. The van der Waals surface area contributed by atoms with Gasteiger partial charge in [-0.1, -0.05) is 30.3 Å². The molecular formula is C25H24F2N2O3. The van der Waals surface area contributed by atoms with Gasteiger partial charge in [0.25, 0.3) is 0 Å². The molecule has 0 saturated carbocycles. The number of oxime groups is 1. The zero-order chi connectivity index (χ0) is 22.8. The number of halogens is 2. The molecule has 1 fully saturated rings. The third-order valence-corrected chi connectivity index (χ3v) is 6.18. The number of carbonyl (C=O) groups is 1. The van der Waals surface area contributed by atoms with Gasteiger partial charge in [-0.25, -0.2) is 8.78 Å². The fourth-order valence-electron chi connectivity index (χ4n) is 4.51. The summed E-state index contributed by atoms with van der Waals surface area (Å²) in [5.74, 6) is -1.08. The summed E-state index contributed by atoms with van der Waals surface area (Å²) in [7, 11) is 0. The van der Waals surface area contributed by atoms with Gasteiger partial charge in [-0.05, 0) is 72.4 Å². The maximum atomic E-state index is 13.5. The molecule has 4 rings (SSSR count). The van der Waals surface area contributed by atoms with Crippen molar-refractivity contribution in [1.82, 2.24) is 0 Å². The minimum absolute atomic E-state index is 0.108. The average molecular weight is 438 g/mol. The van der Waals surface area contributed by atoms with Crippen LogP contribution in [0.2, 0.25) is 0 Å². The molecule has 2 N–H and O–H groups in total. The molecule has 7 heteroatoms. The van der Waals surface area contributed by atoms with Crippen LogP contribution in [0.3, 0.4) is 0 Å². The third-order valence-electron chi connectivity index (χ3n) is 6.18. The molecule has 2 aliphatic rings. The number of benzene rings is 2. The second-order valence-corrected chi connectivity index (χ2v) is 8.25. The zero-order valence-electron chi connectivity index (χ0n) is 17.6. The number of nitrogens with zero attached hydrogens (tertiary/aromatic N) is 2. The van der Waals surface area contributed by atoms with Gasteiger partial charge in [-0.15, -0.1) is 0 Å². The number of anilines is 1. The van der Waals surface area contributed by atoms with E-state index in [-0.39, 0.29) is 47.6 Å². The van der Waals surface area contributed by atoms with E-state index >= 15 is 0 Å². The van der Waals surface area contributed by atoms with E-state index in [1.165, 1.54) is 18.2 Å². The van der Waals surface area contributed by atoms with Crippen molar-refractivity contribution in [1.29, 1.82) is 0 Å². The summed E-state index contributed by atoms with van der Waals surface area (Å²) in [5.41, 5.74) is 2.64. The molecule has 1 aliphatic carbocycles. The summed E-state index contributed by atoms with van der Waals surface area (Å²) in [5, 5.41) is 22.7. The van der Waals surface area contributed by atoms with Crippen molar-refractivity contribution < 1.29 is 23.9 Å².